The second-order valence-electron chi connectivity index (χ2n) is 5.90. The fraction of sp³-hybridized carbons (Fsp3) is 0.611. The van der Waals surface area contributed by atoms with Gasteiger partial charge in [-0.25, -0.2) is 8.42 Å². The van der Waals surface area contributed by atoms with Crippen LogP contribution in [0.3, 0.4) is 0 Å². The third kappa shape index (κ3) is 4.67. The van der Waals surface area contributed by atoms with Crippen molar-refractivity contribution in [1.82, 2.24) is 4.31 Å². The molecule has 0 bridgehead atoms. The first-order valence-corrected chi connectivity index (χ1v) is 10.4. The Bertz CT molecular complexity index is 710. The van der Waals surface area contributed by atoms with Gasteiger partial charge in [0.15, 0.2) is 0 Å². The van der Waals surface area contributed by atoms with Gasteiger partial charge in [0.25, 0.3) is 0 Å². The summed E-state index contributed by atoms with van der Waals surface area (Å²) in [6.07, 6.45) is 0.903. The molecule has 0 aliphatic carbocycles. The quantitative estimate of drug-likeness (QED) is 0.639. The first-order valence-electron chi connectivity index (χ1n) is 9.00. The third-order valence-electron chi connectivity index (χ3n) is 4.22. The zero-order valence-electron chi connectivity index (χ0n) is 15.6. The highest BCUT2D eigenvalue weighted by Crippen LogP contribution is 2.33. The molecule has 0 aromatic heterocycles. The Kier molecular flexibility index (Phi) is 7.28. The van der Waals surface area contributed by atoms with E-state index in [1.54, 1.807) is 26.0 Å². The van der Waals surface area contributed by atoms with Gasteiger partial charge >= 0.3 is 5.97 Å². The summed E-state index contributed by atoms with van der Waals surface area (Å²) in [4.78, 5) is 12.0. The molecule has 0 N–H and O–H groups in total. The maximum Gasteiger partial charge on any atom is 0.309 e. The van der Waals surface area contributed by atoms with Crippen molar-refractivity contribution in [1.29, 1.82) is 0 Å². The predicted molar refractivity (Wildman–Crippen MR) is 96.9 cm³/mol. The normalized spacial score (nSPS) is 16.3. The molecule has 1 aromatic carbocycles. The number of benzene rings is 1. The molecule has 0 unspecified atom stereocenters. The summed E-state index contributed by atoms with van der Waals surface area (Å²) in [5.41, 5.74) is 0. The number of hydrogen-bond acceptors (Lipinski definition) is 6. The monoisotopic (exact) mass is 385 g/mol. The van der Waals surface area contributed by atoms with E-state index in [1.165, 1.54) is 10.4 Å². The number of carbonyl (C=O) groups excluding carboxylic acids is 1. The highest BCUT2D eigenvalue weighted by molar-refractivity contribution is 7.89. The summed E-state index contributed by atoms with van der Waals surface area (Å²) in [5, 5.41) is 0. The summed E-state index contributed by atoms with van der Waals surface area (Å²) < 4.78 is 43.6. The van der Waals surface area contributed by atoms with Crippen LogP contribution in [0.5, 0.6) is 11.5 Å². The molecular weight excluding hydrogens is 358 g/mol. The standard InChI is InChI=1S/C18H27NO6S/c1-4-23-15-7-8-16(24-5-2)17(13-15)26(21,22)19-11-9-14(10-12-19)18(20)25-6-3/h7-8,13-14H,4-6,9-12H2,1-3H3. The molecule has 1 fully saturated rings. The van der Waals surface area contributed by atoms with Crippen molar-refractivity contribution in [3.63, 3.8) is 0 Å². The van der Waals surface area contributed by atoms with E-state index in [4.69, 9.17) is 14.2 Å². The summed E-state index contributed by atoms with van der Waals surface area (Å²) in [7, 11) is -3.74. The SMILES string of the molecule is CCOC(=O)C1CCN(S(=O)(=O)c2cc(OCC)ccc2OCC)CC1. The lowest BCUT2D eigenvalue weighted by molar-refractivity contribution is -0.149. The molecule has 0 spiro atoms. The van der Waals surface area contributed by atoms with Gasteiger partial charge in [-0.3, -0.25) is 4.79 Å². The fourth-order valence-corrected chi connectivity index (χ4v) is 4.57. The number of rotatable bonds is 8. The molecule has 1 saturated heterocycles. The van der Waals surface area contributed by atoms with E-state index < -0.39 is 10.0 Å². The first kappa shape index (κ1) is 20.5. The highest BCUT2D eigenvalue weighted by atomic mass is 32.2. The molecule has 0 atom stereocenters. The summed E-state index contributed by atoms with van der Waals surface area (Å²) in [5.74, 6) is 0.292. The maximum atomic E-state index is 13.1. The molecule has 0 radical (unpaired) electrons. The van der Waals surface area contributed by atoms with Crippen molar-refractivity contribution in [2.24, 2.45) is 5.92 Å². The Hall–Kier alpha value is -1.80. The molecule has 1 aromatic rings. The van der Waals surface area contributed by atoms with Gasteiger partial charge in [0.1, 0.15) is 16.4 Å². The number of hydrogen-bond donors (Lipinski definition) is 0. The second-order valence-corrected chi connectivity index (χ2v) is 7.81. The van der Waals surface area contributed by atoms with E-state index in [0.717, 1.165) is 0 Å². The zero-order chi connectivity index (χ0) is 19.2. The second kappa shape index (κ2) is 9.23. The van der Waals surface area contributed by atoms with Crippen molar-refractivity contribution in [3.05, 3.63) is 18.2 Å². The Labute approximate surface area is 155 Å². The lowest BCUT2D eigenvalue weighted by Crippen LogP contribution is -2.40. The maximum absolute atomic E-state index is 13.1. The van der Waals surface area contributed by atoms with Crippen LogP contribution in [0.1, 0.15) is 33.6 Å². The topological polar surface area (TPSA) is 82.1 Å². The van der Waals surface area contributed by atoms with Crippen LogP contribution in [-0.4, -0.2) is 51.6 Å². The molecular formula is C18H27NO6S. The number of sulfonamides is 1. The minimum atomic E-state index is -3.74. The summed E-state index contributed by atoms with van der Waals surface area (Å²) in [6, 6.07) is 4.81. The number of nitrogens with zero attached hydrogens (tertiary/aromatic N) is 1. The van der Waals surface area contributed by atoms with Crippen molar-refractivity contribution in [2.75, 3.05) is 32.9 Å². The van der Waals surface area contributed by atoms with Crippen molar-refractivity contribution >= 4 is 16.0 Å². The molecule has 7 nitrogen and oxygen atoms in total. The van der Waals surface area contributed by atoms with Crippen LogP contribution < -0.4 is 9.47 Å². The smallest absolute Gasteiger partial charge is 0.309 e. The van der Waals surface area contributed by atoms with Crippen molar-refractivity contribution in [2.45, 2.75) is 38.5 Å². The Balaban J connectivity index is 2.21. The number of carbonyl (C=O) groups is 1. The van der Waals surface area contributed by atoms with Gasteiger partial charge in [-0.2, -0.15) is 4.31 Å². The minimum Gasteiger partial charge on any atom is -0.494 e. The molecule has 2 rings (SSSR count). The largest absolute Gasteiger partial charge is 0.494 e. The lowest BCUT2D eigenvalue weighted by atomic mass is 9.98. The lowest BCUT2D eigenvalue weighted by Gasteiger charge is -2.30. The summed E-state index contributed by atoms with van der Waals surface area (Å²) >= 11 is 0. The number of ether oxygens (including phenoxy) is 3. The molecule has 0 amide bonds. The van der Waals surface area contributed by atoms with Crippen LogP contribution in [-0.2, 0) is 19.6 Å². The van der Waals surface area contributed by atoms with Crippen LogP contribution in [0.25, 0.3) is 0 Å². The van der Waals surface area contributed by atoms with E-state index in [0.29, 0.717) is 44.2 Å². The number of esters is 1. The molecule has 1 aliphatic rings. The predicted octanol–water partition coefficient (Wildman–Crippen LogP) is 2.45. The average Bonchev–Trinajstić information content (AvgIpc) is 2.63. The van der Waals surface area contributed by atoms with Crippen molar-refractivity contribution in [3.8, 4) is 11.5 Å². The minimum absolute atomic E-state index is 0.0971. The number of piperidine rings is 1. The molecule has 1 heterocycles. The Morgan fingerprint density at radius 3 is 2.31 bits per heavy atom. The van der Waals surface area contributed by atoms with Crippen LogP contribution in [0.15, 0.2) is 23.1 Å². The van der Waals surface area contributed by atoms with Gasteiger partial charge in [0.2, 0.25) is 10.0 Å². The Morgan fingerprint density at radius 1 is 1.08 bits per heavy atom. The van der Waals surface area contributed by atoms with Crippen LogP contribution in [0.2, 0.25) is 0 Å². The summed E-state index contributed by atoms with van der Waals surface area (Å²) in [6.45, 7) is 7.09. The molecule has 26 heavy (non-hydrogen) atoms. The van der Waals surface area contributed by atoms with Gasteiger partial charge in [-0.1, -0.05) is 0 Å². The van der Waals surface area contributed by atoms with Gasteiger partial charge in [0, 0.05) is 19.2 Å². The molecule has 8 heteroatoms. The van der Waals surface area contributed by atoms with Gasteiger partial charge in [-0.15, -0.1) is 0 Å². The van der Waals surface area contributed by atoms with E-state index >= 15 is 0 Å². The van der Waals surface area contributed by atoms with E-state index in [9.17, 15) is 13.2 Å². The van der Waals surface area contributed by atoms with E-state index in [-0.39, 0.29) is 29.9 Å². The fourth-order valence-electron chi connectivity index (χ4n) is 2.95. The van der Waals surface area contributed by atoms with Gasteiger partial charge in [-0.05, 0) is 45.7 Å². The van der Waals surface area contributed by atoms with Gasteiger partial charge in [0.05, 0.1) is 25.7 Å². The van der Waals surface area contributed by atoms with Crippen LogP contribution >= 0.6 is 0 Å². The Morgan fingerprint density at radius 2 is 1.73 bits per heavy atom. The third-order valence-corrected chi connectivity index (χ3v) is 6.14. The molecule has 0 saturated carbocycles. The van der Waals surface area contributed by atoms with E-state index in [1.807, 2.05) is 6.92 Å². The molecule has 1 aliphatic heterocycles. The van der Waals surface area contributed by atoms with E-state index in [2.05, 4.69) is 0 Å². The van der Waals surface area contributed by atoms with Crippen molar-refractivity contribution < 1.29 is 27.4 Å². The van der Waals surface area contributed by atoms with Crippen LogP contribution in [0, 0.1) is 5.92 Å². The highest BCUT2D eigenvalue weighted by Gasteiger charge is 2.34. The zero-order valence-corrected chi connectivity index (χ0v) is 16.4. The van der Waals surface area contributed by atoms with Gasteiger partial charge < -0.3 is 14.2 Å². The average molecular weight is 385 g/mol. The van der Waals surface area contributed by atoms with Crippen LogP contribution in [0.4, 0.5) is 0 Å². The molecule has 146 valence electrons. The first-order chi connectivity index (χ1) is 12.4.